The average molecular weight is 452 g/mol. The lowest BCUT2D eigenvalue weighted by Crippen LogP contribution is -2.40. The molecule has 1 atom stereocenters. The van der Waals surface area contributed by atoms with Crippen LogP contribution in [-0.4, -0.2) is 9.39 Å². The van der Waals surface area contributed by atoms with Gasteiger partial charge in [0, 0.05) is 0 Å². The molecule has 0 fully saturated rings. The van der Waals surface area contributed by atoms with Crippen LogP contribution in [0.25, 0.3) is 0 Å². The molecule has 0 radical (unpaired) electrons. The van der Waals surface area contributed by atoms with Crippen LogP contribution in [0.2, 0.25) is 0 Å². The standard InChI is InChI=1S/C20H20Br2O2/c1-2-9-16(15-10-5-3-6-11-15)14-20(18(21)23,19(22)24)17-12-7-4-8-13-17/h3-8,10-13,16H,2,9,14H2,1H3. The Morgan fingerprint density at radius 1 is 0.917 bits per heavy atom. The van der Waals surface area contributed by atoms with E-state index in [0.29, 0.717) is 12.0 Å². The number of rotatable bonds is 8. The number of carbonyl (C=O) groups is 2. The van der Waals surface area contributed by atoms with Crippen molar-refractivity contribution in [2.45, 2.75) is 37.5 Å². The molecule has 24 heavy (non-hydrogen) atoms. The summed E-state index contributed by atoms with van der Waals surface area (Å²) in [5.74, 6) is 0.124. The second-order valence-electron chi connectivity index (χ2n) is 5.92. The van der Waals surface area contributed by atoms with E-state index in [1.807, 2.05) is 48.5 Å². The molecule has 0 heterocycles. The van der Waals surface area contributed by atoms with Crippen molar-refractivity contribution in [2.24, 2.45) is 0 Å². The van der Waals surface area contributed by atoms with Crippen molar-refractivity contribution >= 4 is 41.2 Å². The molecule has 1 unspecified atom stereocenters. The zero-order valence-electron chi connectivity index (χ0n) is 13.5. The third-order valence-electron chi connectivity index (χ3n) is 4.40. The molecule has 0 aromatic heterocycles. The maximum absolute atomic E-state index is 12.5. The minimum absolute atomic E-state index is 0.124. The molecule has 0 amide bonds. The van der Waals surface area contributed by atoms with Crippen molar-refractivity contribution < 1.29 is 9.59 Å². The number of hydrogen-bond donors (Lipinski definition) is 0. The van der Waals surface area contributed by atoms with Crippen molar-refractivity contribution in [1.29, 1.82) is 0 Å². The van der Waals surface area contributed by atoms with Gasteiger partial charge in [-0.15, -0.1) is 0 Å². The van der Waals surface area contributed by atoms with Gasteiger partial charge in [0.05, 0.1) is 0 Å². The fourth-order valence-corrected chi connectivity index (χ4v) is 4.54. The van der Waals surface area contributed by atoms with Crippen molar-refractivity contribution in [3.8, 4) is 0 Å². The summed E-state index contributed by atoms with van der Waals surface area (Å²) in [6.45, 7) is 2.12. The number of halogens is 2. The molecule has 2 aromatic rings. The Kier molecular flexibility index (Phi) is 6.93. The van der Waals surface area contributed by atoms with Crippen LogP contribution in [0.3, 0.4) is 0 Å². The molecule has 2 aromatic carbocycles. The van der Waals surface area contributed by atoms with Crippen LogP contribution in [0.15, 0.2) is 60.7 Å². The predicted molar refractivity (Wildman–Crippen MR) is 105 cm³/mol. The minimum atomic E-state index is -1.23. The SMILES string of the molecule is CCCC(CC(C(=O)Br)(C(=O)Br)c1ccccc1)c1ccccc1. The fourth-order valence-electron chi connectivity index (χ4n) is 3.14. The highest BCUT2D eigenvalue weighted by Crippen LogP contribution is 2.42. The first-order valence-electron chi connectivity index (χ1n) is 8.02. The summed E-state index contributed by atoms with van der Waals surface area (Å²) in [5, 5.41) is 0. The third kappa shape index (κ3) is 4.04. The molecule has 4 heteroatoms. The van der Waals surface area contributed by atoms with E-state index in [1.165, 1.54) is 0 Å². The van der Waals surface area contributed by atoms with Crippen molar-refractivity contribution in [2.75, 3.05) is 0 Å². The maximum atomic E-state index is 12.5. The molecule has 0 saturated heterocycles. The summed E-state index contributed by atoms with van der Waals surface area (Å²) in [6.07, 6.45) is 2.33. The molecule has 0 aliphatic carbocycles. The topological polar surface area (TPSA) is 34.1 Å². The zero-order chi connectivity index (χ0) is 17.6. The summed E-state index contributed by atoms with van der Waals surface area (Å²) in [7, 11) is 0. The van der Waals surface area contributed by atoms with Crippen LogP contribution in [0, 0.1) is 0 Å². The molecule has 0 spiro atoms. The van der Waals surface area contributed by atoms with Gasteiger partial charge in [-0.3, -0.25) is 9.59 Å². The Bertz CT molecular complexity index is 669. The second kappa shape index (κ2) is 8.72. The molecule has 2 nitrogen and oxygen atoms in total. The van der Waals surface area contributed by atoms with Crippen LogP contribution >= 0.6 is 31.9 Å². The zero-order valence-corrected chi connectivity index (χ0v) is 16.7. The molecule has 0 N–H and O–H groups in total. The van der Waals surface area contributed by atoms with E-state index < -0.39 is 5.41 Å². The molecular weight excluding hydrogens is 432 g/mol. The largest absolute Gasteiger partial charge is 0.285 e. The Hall–Kier alpha value is -1.26. The normalized spacial score (nSPS) is 12.6. The Morgan fingerprint density at radius 2 is 1.42 bits per heavy atom. The molecule has 0 aliphatic heterocycles. The molecule has 126 valence electrons. The van der Waals surface area contributed by atoms with Gasteiger partial charge in [0.1, 0.15) is 5.41 Å². The molecule has 0 bridgehead atoms. The van der Waals surface area contributed by atoms with Crippen molar-refractivity contribution in [3.63, 3.8) is 0 Å². The smallest absolute Gasteiger partial charge is 0.216 e. The van der Waals surface area contributed by atoms with E-state index in [2.05, 4.69) is 50.9 Å². The van der Waals surface area contributed by atoms with E-state index in [0.717, 1.165) is 18.4 Å². The lowest BCUT2D eigenvalue weighted by atomic mass is 9.73. The van der Waals surface area contributed by atoms with Gasteiger partial charge in [-0.2, -0.15) is 0 Å². The lowest BCUT2D eigenvalue weighted by Gasteiger charge is -2.31. The van der Waals surface area contributed by atoms with Crippen molar-refractivity contribution in [3.05, 3.63) is 71.8 Å². The van der Waals surface area contributed by atoms with Gasteiger partial charge in [0.25, 0.3) is 0 Å². The van der Waals surface area contributed by atoms with Gasteiger partial charge in [0.15, 0.2) is 0 Å². The first kappa shape index (κ1) is 19.1. The van der Waals surface area contributed by atoms with Crippen LogP contribution in [-0.2, 0) is 15.0 Å². The fraction of sp³-hybridized carbons (Fsp3) is 0.300. The second-order valence-corrected chi connectivity index (χ2v) is 7.36. The Balaban J connectivity index is 2.51. The van der Waals surface area contributed by atoms with Crippen LogP contribution in [0.5, 0.6) is 0 Å². The van der Waals surface area contributed by atoms with Crippen molar-refractivity contribution in [1.82, 2.24) is 0 Å². The lowest BCUT2D eigenvalue weighted by molar-refractivity contribution is -0.125. The number of benzene rings is 2. The average Bonchev–Trinajstić information content (AvgIpc) is 2.59. The summed E-state index contributed by atoms with van der Waals surface area (Å²) in [6, 6.07) is 19.4. The molecular formula is C20H20Br2O2. The quantitative estimate of drug-likeness (QED) is 0.378. The monoisotopic (exact) mass is 450 g/mol. The van der Waals surface area contributed by atoms with E-state index in [9.17, 15) is 9.59 Å². The van der Waals surface area contributed by atoms with E-state index in [-0.39, 0.29) is 15.3 Å². The van der Waals surface area contributed by atoms with E-state index >= 15 is 0 Å². The van der Waals surface area contributed by atoms with Crippen LogP contribution in [0.4, 0.5) is 0 Å². The first-order valence-corrected chi connectivity index (χ1v) is 9.61. The predicted octanol–water partition coefficient (Wildman–Crippen LogP) is 5.74. The number of hydrogen-bond acceptors (Lipinski definition) is 2. The minimum Gasteiger partial charge on any atom is -0.285 e. The molecule has 0 saturated carbocycles. The Labute approximate surface area is 159 Å². The Morgan fingerprint density at radius 3 is 1.88 bits per heavy atom. The van der Waals surface area contributed by atoms with Gasteiger partial charge >= 0.3 is 0 Å². The third-order valence-corrected chi connectivity index (χ3v) is 5.75. The maximum Gasteiger partial charge on any atom is 0.216 e. The molecule has 2 rings (SSSR count). The highest BCUT2D eigenvalue weighted by Gasteiger charge is 2.46. The van der Waals surface area contributed by atoms with Gasteiger partial charge in [-0.25, -0.2) is 0 Å². The first-order chi connectivity index (χ1) is 11.5. The van der Waals surface area contributed by atoms with Gasteiger partial charge < -0.3 is 0 Å². The summed E-state index contributed by atoms with van der Waals surface area (Å²) in [4.78, 5) is 25.1. The van der Waals surface area contributed by atoms with Gasteiger partial charge in [-0.1, -0.05) is 74.0 Å². The highest BCUT2D eigenvalue weighted by atomic mass is 79.9. The van der Waals surface area contributed by atoms with Gasteiger partial charge in [0.2, 0.25) is 9.39 Å². The van der Waals surface area contributed by atoms with Crippen LogP contribution < -0.4 is 0 Å². The highest BCUT2D eigenvalue weighted by molar-refractivity contribution is 9.19. The summed E-state index contributed by atoms with van der Waals surface area (Å²) >= 11 is 6.20. The van der Waals surface area contributed by atoms with Gasteiger partial charge in [-0.05, 0) is 61.7 Å². The summed E-state index contributed by atoms with van der Waals surface area (Å²) in [5.41, 5.74) is 0.643. The molecule has 0 aliphatic rings. The summed E-state index contributed by atoms with van der Waals surface area (Å²) < 4.78 is -0.611. The van der Waals surface area contributed by atoms with E-state index in [4.69, 9.17) is 0 Å². The van der Waals surface area contributed by atoms with E-state index in [1.54, 1.807) is 0 Å². The number of carbonyl (C=O) groups excluding carboxylic acids is 2. The van der Waals surface area contributed by atoms with Crippen LogP contribution in [0.1, 0.15) is 43.2 Å².